The van der Waals surface area contributed by atoms with Crippen molar-refractivity contribution in [3.8, 4) is 0 Å². The summed E-state index contributed by atoms with van der Waals surface area (Å²) in [5.74, 6) is -1.21. The molecule has 0 fully saturated rings. The summed E-state index contributed by atoms with van der Waals surface area (Å²) in [6.07, 6.45) is 0. The molecule has 0 aliphatic heterocycles. The number of hydrogen-bond acceptors (Lipinski definition) is 7. The van der Waals surface area contributed by atoms with Gasteiger partial charge in [-0.25, -0.2) is 17.8 Å². The van der Waals surface area contributed by atoms with Crippen molar-refractivity contribution in [2.75, 3.05) is 5.73 Å². The van der Waals surface area contributed by atoms with E-state index in [0.717, 1.165) is 0 Å². The number of hydrogen-bond donors (Lipinski definition) is 2. The minimum Gasteiger partial charge on any atom is -0.379 e. The van der Waals surface area contributed by atoms with Crippen LogP contribution < -0.4 is 10.5 Å². The number of carbonyl (C=O) groups excluding carboxylic acids is 1. The van der Waals surface area contributed by atoms with Crippen molar-refractivity contribution >= 4 is 21.7 Å². The summed E-state index contributed by atoms with van der Waals surface area (Å²) in [4.78, 5) is 11.3. The van der Waals surface area contributed by atoms with Crippen molar-refractivity contribution in [3.05, 3.63) is 5.69 Å². The smallest absolute Gasteiger partial charge is 0.290 e. The molecule has 8 nitrogen and oxygen atoms in total. The van der Waals surface area contributed by atoms with Gasteiger partial charge in [0.2, 0.25) is 21.5 Å². The highest BCUT2D eigenvalue weighted by Crippen LogP contribution is 2.05. The van der Waals surface area contributed by atoms with E-state index in [1.807, 2.05) is 0 Å². The average Bonchev–Trinajstić information content (AvgIpc) is 2.50. The van der Waals surface area contributed by atoms with E-state index < -0.39 is 21.2 Å². The van der Waals surface area contributed by atoms with Gasteiger partial charge in [0.25, 0.3) is 5.91 Å². The first-order valence-corrected chi connectivity index (χ1v) is 5.53. The first-order chi connectivity index (χ1) is 6.84. The molecule has 84 valence electrons. The molecule has 0 saturated heterocycles. The van der Waals surface area contributed by atoms with Gasteiger partial charge in [-0.15, -0.1) is 0 Å². The lowest BCUT2D eigenvalue weighted by molar-refractivity contribution is 0.0972. The Morgan fingerprint density at radius 2 is 2.07 bits per heavy atom. The number of sulfonamides is 1. The van der Waals surface area contributed by atoms with Crippen LogP contribution in [0.4, 0.5) is 5.82 Å². The molecule has 1 rings (SSSR count). The van der Waals surface area contributed by atoms with Crippen LogP contribution in [-0.4, -0.2) is 29.9 Å². The Balaban J connectivity index is 2.87. The van der Waals surface area contributed by atoms with Gasteiger partial charge in [0.05, 0.1) is 5.25 Å². The van der Waals surface area contributed by atoms with E-state index in [0.29, 0.717) is 0 Å². The van der Waals surface area contributed by atoms with Crippen molar-refractivity contribution in [2.45, 2.75) is 19.1 Å². The Kier molecular flexibility index (Phi) is 2.93. The van der Waals surface area contributed by atoms with Gasteiger partial charge in [0, 0.05) is 0 Å². The molecule has 1 aromatic rings. The van der Waals surface area contributed by atoms with Crippen molar-refractivity contribution in [2.24, 2.45) is 0 Å². The summed E-state index contributed by atoms with van der Waals surface area (Å²) in [6.45, 7) is 2.86. The monoisotopic (exact) mass is 234 g/mol. The van der Waals surface area contributed by atoms with Crippen molar-refractivity contribution in [1.82, 2.24) is 15.0 Å². The molecule has 0 aliphatic rings. The molecule has 1 amide bonds. The van der Waals surface area contributed by atoms with Gasteiger partial charge in [0.15, 0.2) is 0 Å². The summed E-state index contributed by atoms with van der Waals surface area (Å²) in [5.41, 5.74) is 4.87. The molecule has 0 aromatic carbocycles. The Hall–Kier alpha value is -1.64. The van der Waals surface area contributed by atoms with E-state index in [4.69, 9.17) is 5.73 Å². The number of nitrogen functional groups attached to an aromatic ring is 1. The van der Waals surface area contributed by atoms with Crippen LogP contribution in [0.25, 0.3) is 0 Å². The number of nitrogens with zero attached hydrogens (tertiary/aromatic N) is 2. The highest BCUT2D eigenvalue weighted by molar-refractivity contribution is 7.90. The van der Waals surface area contributed by atoms with Gasteiger partial charge in [-0.05, 0) is 24.2 Å². The van der Waals surface area contributed by atoms with Crippen LogP contribution in [0.5, 0.6) is 0 Å². The standard InChI is InChI=1S/C6H10N4O4S/c1-3(2)15(12,13)10-6(11)4-5(7)9-14-8-4/h3H,1-2H3,(H2,7,9)(H,10,11). The second-order valence-electron chi connectivity index (χ2n) is 3.02. The first kappa shape index (κ1) is 11.4. The highest BCUT2D eigenvalue weighted by Gasteiger charge is 2.23. The maximum absolute atomic E-state index is 11.3. The van der Waals surface area contributed by atoms with Crippen LogP contribution in [0.3, 0.4) is 0 Å². The van der Waals surface area contributed by atoms with E-state index >= 15 is 0 Å². The Morgan fingerprint density at radius 3 is 2.47 bits per heavy atom. The average molecular weight is 234 g/mol. The third-order valence-corrected chi connectivity index (χ3v) is 3.30. The minimum absolute atomic E-state index is 0.258. The first-order valence-electron chi connectivity index (χ1n) is 3.98. The molecule has 3 N–H and O–H groups in total. The van der Waals surface area contributed by atoms with Crippen LogP contribution in [0, 0.1) is 0 Å². The zero-order chi connectivity index (χ0) is 11.6. The molecule has 15 heavy (non-hydrogen) atoms. The second-order valence-corrected chi connectivity index (χ2v) is 5.26. The molecule has 9 heteroatoms. The van der Waals surface area contributed by atoms with Crippen molar-refractivity contribution < 1.29 is 17.8 Å². The molecular weight excluding hydrogens is 224 g/mol. The summed E-state index contributed by atoms with van der Waals surface area (Å²) in [7, 11) is -3.70. The molecule has 0 unspecified atom stereocenters. The van der Waals surface area contributed by atoms with Crippen molar-refractivity contribution in [1.29, 1.82) is 0 Å². The Bertz CT molecular complexity index is 463. The van der Waals surface area contributed by atoms with Crippen LogP contribution in [0.15, 0.2) is 4.63 Å². The number of carbonyl (C=O) groups is 1. The van der Waals surface area contributed by atoms with Gasteiger partial charge in [-0.2, -0.15) is 0 Å². The molecule has 0 spiro atoms. The predicted molar refractivity (Wildman–Crippen MR) is 50.2 cm³/mol. The number of rotatable bonds is 3. The molecule has 1 heterocycles. The lowest BCUT2D eigenvalue weighted by Crippen LogP contribution is -2.36. The number of aromatic nitrogens is 2. The van der Waals surface area contributed by atoms with E-state index in [9.17, 15) is 13.2 Å². The second kappa shape index (κ2) is 3.85. The summed E-state index contributed by atoms with van der Waals surface area (Å²) >= 11 is 0. The molecule has 0 radical (unpaired) electrons. The van der Waals surface area contributed by atoms with Gasteiger partial charge in [-0.3, -0.25) is 4.79 Å². The third-order valence-electron chi connectivity index (χ3n) is 1.58. The van der Waals surface area contributed by atoms with E-state index in [-0.39, 0.29) is 11.5 Å². The summed E-state index contributed by atoms with van der Waals surface area (Å²) in [6, 6.07) is 0. The SMILES string of the molecule is CC(C)S(=O)(=O)NC(=O)c1nonc1N. The molecule has 0 saturated carbocycles. The number of nitrogens with two attached hydrogens (primary N) is 1. The topological polar surface area (TPSA) is 128 Å². The fraction of sp³-hybridized carbons (Fsp3) is 0.500. The van der Waals surface area contributed by atoms with Crippen LogP contribution in [0.2, 0.25) is 0 Å². The molecular formula is C6H10N4O4S. The molecule has 0 atom stereocenters. The normalized spacial score (nSPS) is 11.7. The number of anilines is 1. The predicted octanol–water partition coefficient (Wildman–Crippen LogP) is -0.880. The third kappa shape index (κ3) is 2.43. The molecule has 1 aromatic heterocycles. The van der Waals surface area contributed by atoms with Gasteiger partial charge in [-0.1, -0.05) is 0 Å². The van der Waals surface area contributed by atoms with Gasteiger partial charge >= 0.3 is 0 Å². The zero-order valence-electron chi connectivity index (χ0n) is 8.09. The Morgan fingerprint density at radius 1 is 1.47 bits per heavy atom. The summed E-state index contributed by atoms with van der Waals surface area (Å²) in [5, 5.41) is 5.59. The summed E-state index contributed by atoms with van der Waals surface area (Å²) < 4.78 is 28.5. The Labute approximate surface area is 85.8 Å². The lowest BCUT2D eigenvalue weighted by atomic mass is 10.4. The maximum atomic E-state index is 11.3. The lowest BCUT2D eigenvalue weighted by Gasteiger charge is -2.07. The van der Waals surface area contributed by atoms with Gasteiger partial charge in [0.1, 0.15) is 0 Å². The number of amides is 1. The minimum atomic E-state index is -3.70. The largest absolute Gasteiger partial charge is 0.379 e. The quantitative estimate of drug-likeness (QED) is 0.694. The van der Waals surface area contributed by atoms with Crippen molar-refractivity contribution in [3.63, 3.8) is 0 Å². The van der Waals surface area contributed by atoms with Gasteiger partial charge < -0.3 is 5.73 Å². The maximum Gasteiger partial charge on any atom is 0.290 e. The fourth-order valence-electron chi connectivity index (χ4n) is 0.648. The van der Waals surface area contributed by atoms with Crippen LogP contribution >= 0.6 is 0 Å². The fourth-order valence-corrected chi connectivity index (χ4v) is 1.24. The van der Waals surface area contributed by atoms with E-state index in [2.05, 4.69) is 14.9 Å². The number of nitrogens with one attached hydrogen (secondary N) is 1. The van der Waals surface area contributed by atoms with Crippen LogP contribution in [-0.2, 0) is 10.0 Å². The zero-order valence-corrected chi connectivity index (χ0v) is 8.91. The van der Waals surface area contributed by atoms with Crippen LogP contribution in [0.1, 0.15) is 24.3 Å². The highest BCUT2D eigenvalue weighted by atomic mass is 32.2. The molecule has 0 aliphatic carbocycles. The van der Waals surface area contributed by atoms with E-state index in [1.54, 1.807) is 4.72 Å². The van der Waals surface area contributed by atoms with E-state index in [1.165, 1.54) is 13.8 Å². The molecule has 0 bridgehead atoms.